The minimum Gasteiger partial charge on any atom is -0.507 e. The number of hydrogen-bond acceptors (Lipinski definition) is 4. The van der Waals surface area contributed by atoms with Crippen molar-refractivity contribution in [2.45, 2.75) is 6.61 Å². The summed E-state index contributed by atoms with van der Waals surface area (Å²) >= 11 is 15.5. The second-order valence-electron chi connectivity index (χ2n) is 5.61. The number of aromatic hydroxyl groups is 1. The average molecular weight is 456 g/mol. The number of halogens is 3. The Morgan fingerprint density at radius 3 is 2.54 bits per heavy atom. The predicted octanol–water partition coefficient (Wildman–Crippen LogP) is 4.90. The van der Waals surface area contributed by atoms with E-state index in [0.717, 1.165) is 0 Å². The zero-order valence-electron chi connectivity index (χ0n) is 12.8. The average Bonchev–Trinajstić information content (AvgIpc) is 2.95. The van der Waals surface area contributed by atoms with Gasteiger partial charge in [-0.05, 0) is 40.2 Å². The SMILES string of the molecule is O=C(O)c1nn(-c2cc(Cl)cc(Cl)c2)c2c1COc1cc(O)c(Br)cc1-2. The van der Waals surface area contributed by atoms with Gasteiger partial charge in [-0.3, -0.25) is 0 Å². The molecule has 3 aromatic rings. The fraction of sp³-hybridized carbons (Fsp3) is 0.0588. The molecule has 0 spiro atoms. The summed E-state index contributed by atoms with van der Waals surface area (Å²) < 4.78 is 7.54. The molecule has 0 fully saturated rings. The van der Waals surface area contributed by atoms with Gasteiger partial charge < -0.3 is 14.9 Å². The summed E-state index contributed by atoms with van der Waals surface area (Å²) in [6.07, 6.45) is 0. The highest BCUT2D eigenvalue weighted by atomic mass is 79.9. The van der Waals surface area contributed by atoms with Gasteiger partial charge in [0, 0.05) is 21.7 Å². The van der Waals surface area contributed by atoms with E-state index in [2.05, 4.69) is 21.0 Å². The number of phenols is 1. The van der Waals surface area contributed by atoms with E-state index in [9.17, 15) is 15.0 Å². The standard InChI is InChI=1S/C17H9BrCl2N2O4/c18-12-4-10-14(5-13(12)23)26-6-11-15(17(24)25)21-22(16(10)11)9-2-7(19)1-8(20)3-9/h1-5,23H,6H2,(H,24,25). The molecule has 1 aliphatic rings. The van der Waals surface area contributed by atoms with Crippen molar-refractivity contribution in [1.82, 2.24) is 9.78 Å². The lowest BCUT2D eigenvalue weighted by atomic mass is 10.0. The molecule has 2 N–H and O–H groups in total. The Kier molecular flexibility index (Phi) is 4.10. The van der Waals surface area contributed by atoms with Crippen LogP contribution in [0, 0.1) is 0 Å². The number of hydrogen-bond donors (Lipinski definition) is 2. The van der Waals surface area contributed by atoms with Crippen LogP contribution < -0.4 is 4.74 Å². The third-order valence-electron chi connectivity index (χ3n) is 3.95. The number of benzene rings is 2. The number of carboxylic acids is 1. The third-order valence-corrected chi connectivity index (χ3v) is 5.03. The van der Waals surface area contributed by atoms with Gasteiger partial charge in [0.2, 0.25) is 0 Å². The summed E-state index contributed by atoms with van der Waals surface area (Å²) in [7, 11) is 0. The number of rotatable bonds is 2. The number of ether oxygens (including phenoxy) is 1. The highest BCUT2D eigenvalue weighted by Gasteiger charge is 2.31. The van der Waals surface area contributed by atoms with Gasteiger partial charge in [0.15, 0.2) is 5.69 Å². The largest absolute Gasteiger partial charge is 0.507 e. The van der Waals surface area contributed by atoms with E-state index in [1.807, 2.05) is 0 Å². The van der Waals surface area contributed by atoms with Crippen LogP contribution in [0.25, 0.3) is 16.9 Å². The first-order chi connectivity index (χ1) is 12.3. The van der Waals surface area contributed by atoms with E-state index in [0.29, 0.717) is 42.8 Å². The number of carbonyl (C=O) groups is 1. The molecule has 132 valence electrons. The lowest BCUT2D eigenvalue weighted by Crippen LogP contribution is -2.09. The summed E-state index contributed by atoms with van der Waals surface area (Å²) in [5, 5.41) is 24.5. The first-order valence-electron chi connectivity index (χ1n) is 7.32. The van der Waals surface area contributed by atoms with Crippen molar-refractivity contribution in [1.29, 1.82) is 0 Å². The highest BCUT2D eigenvalue weighted by Crippen LogP contribution is 2.44. The molecule has 2 heterocycles. The smallest absolute Gasteiger partial charge is 0.356 e. The van der Waals surface area contributed by atoms with Crippen molar-refractivity contribution in [2.24, 2.45) is 0 Å². The van der Waals surface area contributed by atoms with Crippen molar-refractivity contribution in [3.63, 3.8) is 0 Å². The van der Waals surface area contributed by atoms with Crippen LogP contribution in [-0.2, 0) is 6.61 Å². The molecule has 0 bridgehead atoms. The Balaban J connectivity index is 2.05. The van der Waals surface area contributed by atoms with Crippen molar-refractivity contribution in [3.8, 4) is 28.4 Å². The molecule has 0 saturated heterocycles. The maximum atomic E-state index is 11.7. The first kappa shape index (κ1) is 17.2. The zero-order valence-corrected chi connectivity index (χ0v) is 15.9. The van der Waals surface area contributed by atoms with E-state index in [4.69, 9.17) is 27.9 Å². The first-order valence-corrected chi connectivity index (χ1v) is 8.87. The summed E-state index contributed by atoms with van der Waals surface area (Å²) in [6.45, 7) is 0.0132. The van der Waals surface area contributed by atoms with Crippen molar-refractivity contribution < 1.29 is 19.7 Å². The van der Waals surface area contributed by atoms with Gasteiger partial charge in [0.25, 0.3) is 0 Å². The van der Waals surface area contributed by atoms with Crippen LogP contribution in [0.15, 0.2) is 34.8 Å². The van der Waals surface area contributed by atoms with Gasteiger partial charge >= 0.3 is 5.97 Å². The van der Waals surface area contributed by atoms with Crippen LogP contribution >= 0.6 is 39.1 Å². The lowest BCUT2D eigenvalue weighted by Gasteiger charge is -2.20. The predicted molar refractivity (Wildman–Crippen MR) is 99.7 cm³/mol. The molecule has 6 nitrogen and oxygen atoms in total. The molecule has 0 amide bonds. The van der Waals surface area contributed by atoms with Crippen molar-refractivity contribution in [3.05, 3.63) is 56.1 Å². The van der Waals surface area contributed by atoms with Gasteiger partial charge in [0.1, 0.15) is 18.1 Å². The van der Waals surface area contributed by atoms with Crippen molar-refractivity contribution >= 4 is 45.1 Å². The Morgan fingerprint density at radius 1 is 1.19 bits per heavy atom. The summed E-state index contributed by atoms with van der Waals surface area (Å²) in [5.74, 6) is -0.732. The van der Waals surface area contributed by atoms with Crippen LogP contribution in [0.2, 0.25) is 10.0 Å². The highest BCUT2D eigenvalue weighted by molar-refractivity contribution is 9.10. The quantitative estimate of drug-likeness (QED) is 0.573. The van der Waals surface area contributed by atoms with Crippen LogP contribution in [0.5, 0.6) is 11.5 Å². The number of aromatic nitrogens is 2. The monoisotopic (exact) mass is 454 g/mol. The minimum atomic E-state index is -1.17. The van der Waals surface area contributed by atoms with Gasteiger partial charge in [-0.2, -0.15) is 5.10 Å². The molecular weight excluding hydrogens is 447 g/mol. The normalized spacial score (nSPS) is 12.3. The molecule has 1 aliphatic heterocycles. The summed E-state index contributed by atoms with van der Waals surface area (Å²) in [4.78, 5) is 11.7. The van der Waals surface area contributed by atoms with E-state index in [-0.39, 0.29) is 18.1 Å². The lowest BCUT2D eigenvalue weighted by molar-refractivity contribution is 0.0687. The fourth-order valence-electron chi connectivity index (χ4n) is 2.88. The minimum absolute atomic E-state index is 0.0132. The Bertz CT molecular complexity index is 1060. The molecule has 26 heavy (non-hydrogen) atoms. The summed E-state index contributed by atoms with van der Waals surface area (Å²) in [6, 6.07) is 7.96. The third kappa shape index (κ3) is 2.72. The van der Waals surface area contributed by atoms with Gasteiger partial charge in [-0.25, -0.2) is 9.48 Å². The fourth-order valence-corrected chi connectivity index (χ4v) is 3.74. The molecule has 0 radical (unpaired) electrons. The van der Waals surface area contributed by atoms with Crippen LogP contribution in [-0.4, -0.2) is 26.0 Å². The molecule has 0 aliphatic carbocycles. The maximum absolute atomic E-state index is 11.7. The zero-order chi connectivity index (χ0) is 18.6. The summed E-state index contributed by atoms with van der Waals surface area (Å²) in [5.41, 5.74) is 1.96. The molecule has 1 aromatic heterocycles. The van der Waals surface area contributed by atoms with Gasteiger partial charge in [-0.1, -0.05) is 23.2 Å². The Labute approximate surface area is 165 Å². The number of nitrogens with zero attached hydrogens (tertiary/aromatic N) is 2. The number of phenolic OH excluding ortho intramolecular Hbond substituents is 1. The second-order valence-corrected chi connectivity index (χ2v) is 7.34. The molecule has 9 heteroatoms. The number of aromatic carboxylic acids is 1. The van der Waals surface area contributed by atoms with Gasteiger partial charge in [-0.15, -0.1) is 0 Å². The number of carboxylic acid groups (broad SMARTS) is 1. The molecule has 2 aromatic carbocycles. The molecule has 0 atom stereocenters. The molecular formula is C17H9BrCl2N2O4. The van der Waals surface area contributed by atoms with E-state index < -0.39 is 5.97 Å². The molecule has 0 saturated carbocycles. The molecule has 4 rings (SSSR count). The number of fused-ring (bicyclic) bond motifs is 3. The Hall–Kier alpha value is -2.22. The van der Waals surface area contributed by atoms with E-state index in [1.54, 1.807) is 24.3 Å². The molecule has 0 unspecified atom stereocenters. The van der Waals surface area contributed by atoms with Crippen molar-refractivity contribution in [2.75, 3.05) is 0 Å². The Morgan fingerprint density at radius 2 is 1.88 bits per heavy atom. The van der Waals surface area contributed by atoms with Crippen LogP contribution in [0.3, 0.4) is 0 Å². The maximum Gasteiger partial charge on any atom is 0.356 e. The van der Waals surface area contributed by atoms with E-state index >= 15 is 0 Å². The van der Waals surface area contributed by atoms with Crippen LogP contribution in [0.1, 0.15) is 16.1 Å². The second kappa shape index (κ2) is 6.19. The van der Waals surface area contributed by atoms with E-state index in [1.165, 1.54) is 10.7 Å². The van der Waals surface area contributed by atoms with Gasteiger partial charge in [0.05, 0.1) is 21.4 Å². The van der Waals surface area contributed by atoms with Crippen LogP contribution in [0.4, 0.5) is 0 Å². The topological polar surface area (TPSA) is 84.6 Å².